The van der Waals surface area contributed by atoms with Crippen LogP contribution in [0.4, 0.5) is 0 Å². The van der Waals surface area contributed by atoms with E-state index in [0.29, 0.717) is 5.69 Å². The highest BCUT2D eigenvalue weighted by atomic mass is 15.1. The van der Waals surface area contributed by atoms with Crippen LogP contribution in [0.25, 0.3) is 5.65 Å². The number of nitrogens with zero attached hydrogens (tertiary/aromatic N) is 4. The zero-order valence-electron chi connectivity index (χ0n) is 9.73. The van der Waals surface area contributed by atoms with E-state index in [2.05, 4.69) is 16.0 Å². The predicted octanol–water partition coefficient (Wildman–Crippen LogP) is 1.58. The molecule has 2 heterocycles. The second-order valence-electron chi connectivity index (χ2n) is 4.16. The molecule has 0 N–H and O–H groups in total. The molecular formula is C12H14N4. The van der Waals surface area contributed by atoms with Gasteiger partial charge < -0.3 is 4.90 Å². The average molecular weight is 214 g/mol. The van der Waals surface area contributed by atoms with Crippen LogP contribution in [0.2, 0.25) is 0 Å². The summed E-state index contributed by atoms with van der Waals surface area (Å²) < 4.78 is 1.93. The predicted molar refractivity (Wildman–Crippen MR) is 62.0 cm³/mol. The highest BCUT2D eigenvalue weighted by molar-refractivity contribution is 5.51. The fraction of sp³-hybridized carbons (Fsp3) is 0.333. The first-order chi connectivity index (χ1) is 7.63. The monoisotopic (exact) mass is 214 g/mol. The van der Waals surface area contributed by atoms with Gasteiger partial charge in [-0.1, -0.05) is 6.07 Å². The Bertz CT molecular complexity index is 560. The van der Waals surface area contributed by atoms with Crippen molar-refractivity contribution in [2.45, 2.75) is 13.5 Å². The Hall–Kier alpha value is -1.86. The Balaban J connectivity index is 2.70. The molecule has 0 unspecified atom stereocenters. The van der Waals surface area contributed by atoms with Crippen molar-refractivity contribution in [2.24, 2.45) is 0 Å². The zero-order chi connectivity index (χ0) is 11.7. The molecule has 16 heavy (non-hydrogen) atoms. The maximum absolute atomic E-state index is 9.05. The summed E-state index contributed by atoms with van der Waals surface area (Å²) in [6, 6.07) is 6.26. The summed E-state index contributed by atoms with van der Waals surface area (Å²) in [5, 5.41) is 9.05. The average Bonchev–Trinajstić information content (AvgIpc) is 2.66. The minimum Gasteiger partial charge on any atom is -0.304 e. The number of rotatable bonds is 2. The van der Waals surface area contributed by atoms with Crippen LogP contribution in [0.15, 0.2) is 18.3 Å². The third-order valence-corrected chi connectivity index (χ3v) is 2.52. The highest BCUT2D eigenvalue weighted by Crippen LogP contribution is 2.15. The molecule has 0 aliphatic rings. The number of pyridine rings is 1. The maximum atomic E-state index is 9.05. The van der Waals surface area contributed by atoms with E-state index in [1.165, 1.54) is 0 Å². The Labute approximate surface area is 94.7 Å². The van der Waals surface area contributed by atoms with Crippen molar-refractivity contribution in [1.29, 1.82) is 5.26 Å². The normalized spacial score (nSPS) is 10.9. The number of hydrogen-bond donors (Lipinski definition) is 0. The summed E-state index contributed by atoms with van der Waals surface area (Å²) in [6.45, 7) is 2.80. The number of nitriles is 1. The first kappa shape index (κ1) is 10.7. The SMILES string of the molecule is Cc1ccc(CN(C)C)n2c(C#N)cnc12. The summed E-state index contributed by atoms with van der Waals surface area (Å²) >= 11 is 0. The quantitative estimate of drug-likeness (QED) is 0.762. The maximum Gasteiger partial charge on any atom is 0.144 e. The van der Waals surface area contributed by atoms with E-state index in [9.17, 15) is 0 Å². The Morgan fingerprint density at radius 3 is 2.81 bits per heavy atom. The Morgan fingerprint density at radius 2 is 2.19 bits per heavy atom. The molecule has 0 aromatic carbocycles. The van der Waals surface area contributed by atoms with E-state index < -0.39 is 0 Å². The molecule has 0 amide bonds. The van der Waals surface area contributed by atoms with Gasteiger partial charge in [0.05, 0.1) is 6.20 Å². The summed E-state index contributed by atoms with van der Waals surface area (Å²) in [5.74, 6) is 0. The Kier molecular flexibility index (Phi) is 2.63. The van der Waals surface area contributed by atoms with Gasteiger partial charge in [-0.2, -0.15) is 5.26 Å². The topological polar surface area (TPSA) is 44.3 Å². The van der Waals surface area contributed by atoms with Gasteiger partial charge in [-0.3, -0.25) is 4.40 Å². The molecule has 82 valence electrons. The van der Waals surface area contributed by atoms with Gasteiger partial charge in [0, 0.05) is 12.2 Å². The molecule has 0 bridgehead atoms. The molecule has 0 radical (unpaired) electrons. The van der Waals surface area contributed by atoms with Crippen molar-refractivity contribution in [3.8, 4) is 6.07 Å². The summed E-state index contributed by atoms with van der Waals surface area (Å²) in [6.07, 6.45) is 1.63. The van der Waals surface area contributed by atoms with E-state index >= 15 is 0 Å². The van der Waals surface area contributed by atoms with Crippen LogP contribution in [0.1, 0.15) is 17.0 Å². The van der Waals surface area contributed by atoms with Crippen molar-refractivity contribution in [2.75, 3.05) is 14.1 Å². The van der Waals surface area contributed by atoms with Crippen LogP contribution in [0, 0.1) is 18.3 Å². The van der Waals surface area contributed by atoms with E-state index in [0.717, 1.165) is 23.4 Å². The van der Waals surface area contributed by atoms with Gasteiger partial charge in [-0.25, -0.2) is 4.98 Å². The van der Waals surface area contributed by atoms with Gasteiger partial charge >= 0.3 is 0 Å². The van der Waals surface area contributed by atoms with E-state index in [1.54, 1.807) is 6.20 Å². The largest absolute Gasteiger partial charge is 0.304 e. The minimum atomic E-state index is 0.593. The van der Waals surface area contributed by atoms with Crippen molar-refractivity contribution in [3.63, 3.8) is 0 Å². The van der Waals surface area contributed by atoms with E-state index in [4.69, 9.17) is 5.26 Å². The van der Waals surface area contributed by atoms with Gasteiger partial charge in [0.15, 0.2) is 0 Å². The first-order valence-electron chi connectivity index (χ1n) is 5.14. The molecule has 0 atom stereocenters. The van der Waals surface area contributed by atoms with E-state index in [1.807, 2.05) is 37.6 Å². The van der Waals surface area contributed by atoms with Gasteiger partial charge in [0.25, 0.3) is 0 Å². The fourth-order valence-electron chi connectivity index (χ4n) is 1.82. The summed E-state index contributed by atoms with van der Waals surface area (Å²) in [4.78, 5) is 6.35. The second kappa shape index (κ2) is 3.95. The number of aromatic nitrogens is 2. The van der Waals surface area contributed by atoms with Crippen LogP contribution in [0.5, 0.6) is 0 Å². The molecular weight excluding hydrogens is 200 g/mol. The fourth-order valence-corrected chi connectivity index (χ4v) is 1.82. The molecule has 4 heteroatoms. The molecule has 0 saturated heterocycles. The van der Waals surface area contributed by atoms with Crippen LogP contribution in [-0.2, 0) is 6.54 Å². The lowest BCUT2D eigenvalue weighted by Crippen LogP contribution is -2.14. The summed E-state index contributed by atoms with van der Waals surface area (Å²) in [7, 11) is 4.02. The number of hydrogen-bond acceptors (Lipinski definition) is 3. The van der Waals surface area contributed by atoms with Crippen molar-refractivity contribution in [3.05, 3.63) is 35.3 Å². The lowest BCUT2D eigenvalue weighted by molar-refractivity contribution is 0.394. The number of imidazole rings is 1. The molecule has 2 aromatic rings. The molecule has 2 rings (SSSR count). The van der Waals surface area contributed by atoms with Gasteiger partial charge in [-0.05, 0) is 32.6 Å². The molecule has 0 fully saturated rings. The standard InChI is InChI=1S/C12H14N4/c1-9-4-5-10(8-15(2)3)16-11(6-13)7-14-12(9)16/h4-5,7H,8H2,1-3H3. The molecule has 2 aromatic heterocycles. The van der Waals surface area contributed by atoms with Gasteiger partial charge in [0.2, 0.25) is 0 Å². The lowest BCUT2D eigenvalue weighted by Gasteiger charge is -2.12. The number of fused-ring (bicyclic) bond motifs is 1. The summed E-state index contributed by atoms with van der Waals surface area (Å²) in [5.41, 5.74) is 3.63. The van der Waals surface area contributed by atoms with Crippen molar-refractivity contribution < 1.29 is 0 Å². The van der Waals surface area contributed by atoms with Crippen molar-refractivity contribution in [1.82, 2.24) is 14.3 Å². The van der Waals surface area contributed by atoms with Crippen LogP contribution in [-0.4, -0.2) is 28.4 Å². The zero-order valence-corrected chi connectivity index (χ0v) is 9.73. The molecule has 0 aliphatic carbocycles. The van der Waals surface area contributed by atoms with Crippen LogP contribution in [0.3, 0.4) is 0 Å². The highest BCUT2D eigenvalue weighted by Gasteiger charge is 2.09. The third-order valence-electron chi connectivity index (χ3n) is 2.52. The number of aryl methyl sites for hydroxylation is 1. The second-order valence-corrected chi connectivity index (χ2v) is 4.16. The molecule has 4 nitrogen and oxygen atoms in total. The van der Waals surface area contributed by atoms with E-state index in [-0.39, 0.29) is 0 Å². The Morgan fingerprint density at radius 1 is 1.44 bits per heavy atom. The first-order valence-corrected chi connectivity index (χ1v) is 5.14. The van der Waals surface area contributed by atoms with Gasteiger partial charge in [-0.15, -0.1) is 0 Å². The lowest BCUT2D eigenvalue weighted by atomic mass is 10.2. The third kappa shape index (κ3) is 1.66. The smallest absolute Gasteiger partial charge is 0.144 e. The van der Waals surface area contributed by atoms with Gasteiger partial charge in [0.1, 0.15) is 17.4 Å². The molecule has 0 aliphatic heterocycles. The van der Waals surface area contributed by atoms with Crippen LogP contribution >= 0.6 is 0 Å². The van der Waals surface area contributed by atoms with Crippen LogP contribution < -0.4 is 0 Å². The molecule has 0 spiro atoms. The minimum absolute atomic E-state index is 0.593. The molecule has 0 saturated carbocycles. The van der Waals surface area contributed by atoms with Crippen molar-refractivity contribution >= 4 is 5.65 Å².